The van der Waals surface area contributed by atoms with Gasteiger partial charge in [0.15, 0.2) is 5.76 Å². The Morgan fingerprint density at radius 3 is 2.41 bits per heavy atom. The number of ether oxygens (including phenoxy) is 2. The summed E-state index contributed by atoms with van der Waals surface area (Å²) >= 11 is 0. The highest BCUT2D eigenvalue weighted by atomic mass is 16.5. The minimum atomic E-state index is -0.325. The number of piperazine rings is 1. The number of hydrogen-bond acceptors (Lipinski definition) is 5. The molecule has 7 heteroatoms. The van der Waals surface area contributed by atoms with Crippen molar-refractivity contribution in [2.75, 3.05) is 32.8 Å². The summed E-state index contributed by atoms with van der Waals surface area (Å²) in [7, 11) is 0. The van der Waals surface area contributed by atoms with E-state index in [0.29, 0.717) is 44.1 Å². The Morgan fingerprint density at radius 1 is 0.938 bits per heavy atom. The first kappa shape index (κ1) is 20.6. The number of furan rings is 1. The van der Waals surface area contributed by atoms with Crippen LogP contribution in [0, 0.1) is 0 Å². The smallest absolute Gasteiger partial charge is 0.290 e. The Bertz CT molecular complexity index is 1100. The summed E-state index contributed by atoms with van der Waals surface area (Å²) < 4.78 is 17.5. The minimum absolute atomic E-state index is 0.0373. The predicted octanol–water partition coefficient (Wildman–Crippen LogP) is 3.48. The van der Waals surface area contributed by atoms with Gasteiger partial charge < -0.3 is 23.7 Å². The van der Waals surface area contributed by atoms with E-state index in [-0.39, 0.29) is 24.5 Å². The van der Waals surface area contributed by atoms with E-state index in [9.17, 15) is 9.59 Å². The quantitative estimate of drug-likeness (QED) is 0.615. The number of para-hydroxylation sites is 2. The zero-order valence-electron chi connectivity index (χ0n) is 17.9. The molecule has 2 aliphatic rings. The topological polar surface area (TPSA) is 72.2 Å². The van der Waals surface area contributed by atoms with Gasteiger partial charge in [0.25, 0.3) is 11.8 Å². The maximum atomic E-state index is 13.4. The number of fused-ring (bicyclic) bond motifs is 1. The molecule has 0 spiro atoms. The van der Waals surface area contributed by atoms with Crippen molar-refractivity contribution in [1.82, 2.24) is 9.80 Å². The molecule has 7 nitrogen and oxygen atoms in total. The number of benzene rings is 2. The molecular formula is C25H26N2O5. The third-order valence-electron chi connectivity index (χ3n) is 6.10. The van der Waals surface area contributed by atoms with E-state index in [0.717, 1.165) is 29.5 Å². The molecule has 5 rings (SSSR count). The molecule has 1 aromatic heterocycles. The summed E-state index contributed by atoms with van der Waals surface area (Å²) in [5, 5.41) is 0.874. The van der Waals surface area contributed by atoms with Gasteiger partial charge in [0.1, 0.15) is 24.0 Å². The molecule has 2 saturated heterocycles. The van der Waals surface area contributed by atoms with E-state index >= 15 is 0 Å². The first-order valence-corrected chi connectivity index (χ1v) is 11.1. The molecule has 32 heavy (non-hydrogen) atoms. The Labute approximate surface area is 186 Å². The van der Waals surface area contributed by atoms with Gasteiger partial charge >= 0.3 is 0 Å². The maximum Gasteiger partial charge on any atom is 0.290 e. The Hall–Kier alpha value is -3.32. The van der Waals surface area contributed by atoms with Crippen molar-refractivity contribution in [3.05, 3.63) is 65.9 Å². The van der Waals surface area contributed by atoms with E-state index in [4.69, 9.17) is 13.9 Å². The van der Waals surface area contributed by atoms with Crippen molar-refractivity contribution in [3.8, 4) is 5.75 Å². The Kier molecular flexibility index (Phi) is 5.81. The standard InChI is InChI=1S/C25H26N2O5/c28-24(22-11-6-16-30-22)26-12-14-27(15-13-26)25(29)23-20(17-31-18-7-2-1-3-8-18)19-9-4-5-10-21(19)32-23/h1-5,7-10,22H,6,11-17H2. The lowest BCUT2D eigenvalue weighted by Crippen LogP contribution is -2.52. The van der Waals surface area contributed by atoms with Crippen molar-refractivity contribution in [1.29, 1.82) is 0 Å². The normalized spacial score (nSPS) is 18.8. The van der Waals surface area contributed by atoms with E-state index < -0.39 is 0 Å². The number of rotatable bonds is 5. The van der Waals surface area contributed by atoms with E-state index in [1.54, 1.807) is 9.80 Å². The molecule has 1 unspecified atom stereocenters. The van der Waals surface area contributed by atoms with Gasteiger partial charge in [-0.25, -0.2) is 0 Å². The summed E-state index contributed by atoms with van der Waals surface area (Å²) in [6.07, 6.45) is 1.38. The van der Waals surface area contributed by atoms with Crippen LogP contribution in [0.2, 0.25) is 0 Å². The molecule has 2 amide bonds. The van der Waals surface area contributed by atoms with Crippen LogP contribution in [0.5, 0.6) is 5.75 Å². The molecule has 0 radical (unpaired) electrons. The SMILES string of the molecule is O=C(c1oc2ccccc2c1COc1ccccc1)N1CCN(C(=O)C2CCCO2)CC1. The Morgan fingerprint density at radius 2 is 1.66 bits per heavy atom. The zero-order valence-corrected chi connectivity index (χ0v) is 17.9. The van der Waals surface area contributed by atoms with Gasteiger partial charge in [0, 0.05) is 43.7 Å². The molecule has 2 fully saturated rings. The number of carbonyl (C=O) groups is 2. The highest BCUT2D eigenvalue weighted by Gasteiger charge is 2.33. The lowest BCUT2D eigenvalue weighted by atomic mass is 10.1. The van der Waals surface area contributed by atoms with E-state index in [2.05, 4.69) is 0 Å². The number of hydrogen-bond donors (Lipinski definition) is 0. The van der Waals surface area contributed by atoms with Crippen molar-refractivity contribution >= 4 is 22.8 Å². The van der Waals surface area contributed by atoms with Gasteiger partial charge in [-0.2, -0.15) is 0 Å². The third kappa shape index (κ3) is 4.08. The second-order valence-corrected chi connectivity index (χ2v) is 8.13. The molecular weight excluding hydrogens is 408 g/mol. The first-order chi connectivity index (χ1) is 15.7. The van der Waals surface area contributed by atoms with Gasteiger partial charge in [0.05, 0.1) is 0 Å². The zero-order chi connectivity index (χ0) is 21.9. The lowest BCUT2D eigenvalue weighted by Gasteiger charge is -2.35. The molecule has 0 saturated carbocycles. The minimum Gasteiger partial charge on any atom is -0.489 e. The second kappa shape index (κ2) is 9.04. The molecule has 1 atom stereocenters. The van der Waals surface area contributed by atoms with Crippen LogP contribution in [0.3, 0.4) is 0 Å². The van der Waals surface area contributed by atoms with Crippen molar-refractivity contribution in [3.63, 3.8) is 0 Å². The van der Waals surface area contributed by atoms with Gasteiger partial charge in [-0.15, -0.1) is 0 Å². The number of nitrogens with zero attached hydrogens (tertiary/aromatic N) is 2. The van der Waals surface area contributed by atoms with Crippen molar-refractivity contribution in [2.24, 2.45) is 0 Å². The number of carbonyl (C=O) groups excluding carboxylic acids is 2. The molecule has 3 aromatic rings. The van der Waals surface area contributed by atoms with Crippen LogP contribution >= 0.6 is 0 Å². The molecule has 2 aliphatic heterocycles. The van der Waals surface area contributed by atoms with Crippen LogP contribution in [0.25, 0.3) is 11.0 Å². The summed E-state index contributed by atoms with van der Waals surface area (Å²) in [4.78, 5) is 29.5. The molecule has 0 bridgehead atoms. The fourth-order valence-electron chi connectivity index (χ4n) is 4.34. The molecule has 0 aliphatic carbocycles. The van der Waals surface area contributed by atoms with Gasteiger partial charge in [-0.1, -0.05) is 36.4 Å². The molecule has 3 heterocycles. The number of amides is 2. The van der Waals surface area contributed by atoms with E-state index in [1.807, 2.05) is 54.6 Å². The van der Waals surface area contributed by atoms with Crippen LogP contribution in [-0.4, -0.2) is 60.5 Å². The monoisotopic (exact) mass is 434 g/mol. The third-order valence-corrected chi connectivity index (χ3v) is 6.10. The van der Waals surface area contributed by atoms with Gasteiger partial charge in [-0.3, -0.25) is 9.59 Å². The van der Waals surface area contributed by atoms with Gasteiger partial charge in [0.2, 0.25) is 0 Å². The average molecular weight is 434 g/mol. The van der Waals surface area contributed by atoms with Crippen molar-refractivity contribution in [2.45, 2.75) is 25.6 Å². The molecule has 0 N–H and O–H groups in total. The largest absolute Gasteiger partial charge is 0.489 e. The highest BCUT2D eigenvalue weighted by molar-refractivity contribution is 5.99. The van der Waals surface area contributed by atoms with Crippen LogP contribution in [-0.2, 0) is 16.1 Å². The second-order valence-electron chi connectivity index (χ2n) is 8.13. The summed E-state index contributed by atoms with van der Waals surface area (Å²) in [6, 6.07) is 17.1. The fraction of sp³-hybridized carbons (Fsp3) is 0.360. The van der Waals surface area contributed by atoms with Crippen LogP contribution in [0.15, 0.2) is 59.0 Å². The first-order valence-electron chi connectivity index (χ1n) is 11.1. The van der Waals surface area contributed by atoms with Crippen LogP contribution < -0.4 is 4.74 Å². The van der Waals surface area contributed by atoms with E-state index in [1.165, 1.54) is 0 Å². The van der Waals surface area contributed by atoms with Crippen LogP contribution in [0.1, 0.15) is 29.0 Å². The fourth-order valence-corrected chi connectivity index (χ4v) is 4.34. The summed E-state index contributed by atoms with van der Waals surface area (Å²) in [5.74, 6) is 0.908. The Balaban J connectivity index is 1.31. The predicted molar refractivity (Wildman–Crippen MR) is 118 cm³/mol. The average Bonchev–Trinajstić information content (AvgIpc) is 3.51. The van der Waals surface area contributed by atoms with Crippen molar-refractivity contribution < 1.29 is 23.5 Å². The maximum absolute atomic E-state index is 13.4. The molecule has 2 aromatic carbocycles. The highest BCUT2D eigenvalue weighted by Crippen LogP contribution is 2.29. The van der Waals surface area contributed by atoms with Gasteiger partial charge in [-0.05, 0) is 31.0 Å². The molecule has 166 valence electrons. The summed E-state index contributed by atoms with van der Waals surface area (Å²) in [5.41, 5.74) is 1.40. The lowest BCUT2D eigenvalue weighted by molar-refractivity contribution is -0.142. The summed E-state index contributed by atoms with van der Waals surface area (Å²) in [6.45, 7) is 2.82. The van der Waals surface area contributed by atoms with Crippen LogP contribution in [0.4, 0.5) is 0 Å².